The number of carbonyl (C=O) groups excluding carboxylic acids is 1. The Morgan fingerprint density at radius 1 is 1.47 bits per heavy atom. The molecule has 0 radical (unpaired) electrons. The van der Waals surface area contributed by atoms with Crippen LogP contribution in [-0.2, 0) is 13.8 Å². The van der Waals surface area contributed by atoms with Crippen LogP contribution in [0.2, 0.25) is 0 Å². The predicted octanol–water partition coefficient (Wildman–Crippen LogP) is 1.18. The molecule has 2 N–H and O–H groups in total. The number of nitrogens with two attached hydrogens (primary N) is 1. The van der Waals surface area contributed by atoms with Crippen molar-refractivity contribution in [3.05, 3.63) is 23.8 Å². The Labute approximate surface area is 104 Å². The van der Waals surface area contributed by atoms with E-state index in [-0.39, 0.29) is 10.6 Å². The van der Waals surface area contributed by atoms with Crippen molar-refractivity contribution in [2.24, 2.45) is 5.73 Å². The van der Waals surface area contributed by atoms with Crippen molar-refractivity contribution in [1.82, 2.24) is 0 Å². The number of amides is 1. The molecule has 7 heteroatoms. The lowest BCUT2D eigenvalue weighted by molar-refractivity contribution is -0.124. The molecule has 0 aliphatic carbocycles. The minimum absolute atomic E-state index is 0.0110. The Morgan fingerprint density at radius 2 is 2.06 bits per heavy atom. The third kappa shape index (κ3) is 3.61. The summed E-state index contributed by atoms with van der Waals surface area (Å²) >= 11 is 0. The zero-order chi connectivity index (χ0) is 13.2. The van der Waals surface area contributed by atoms with E-state index in [1.807, 2.05) is 0 Å². The Hall–Kier alpha value is -1.27. The lowest BCUT2D eigenvalue weighted by Gasteiger charge is -2.14. The van der Waals surface area contributed by atoms with Crippen LogP contribution in [0.25, 0.3) is 0 Å². The highest BCUT2D eigenvalue weighted by molar-refractivity contribution is 8.13. The summed E-state index contributed by atoms with van der Waals surface area (Å²) in [6.07, 6.45) is -0.935. The molecule has 1 atom stereocenters. The normalized spacial score (nSPS) is 13.1. The first-order chi connectivity index (χ1) is 7.71. The van der Waals surface area contributed by atoms with Gasteiger partial charge in [0.1, 0.15) is 10.6 Å². The van der Waals surface area contributed by atoms with Crippen molar-refractivity contribution in [2.45, 2.75) is 24.8 Å². The molecule has 5 nitrogen and oxygen atoms in total. The van der Waals surface area contributed by atoms with Crippen molar-refractivity contribution < 1.29 is 17.9 Å². The molecule has 1 rings (SSSR count). The van der Waals surface area contributed by atoms with E-state index in [0.717, 1.165) is 0 Å². The Kier molecular flexibility index (Phi) is 4.00. The summed E-state index contributed by atoms with van der Waals surface area (Å²) in [4.78, 5) is 10.7. The van der Waals surface area contributed by atoms with E-state index in [1.165, 1.54) is 19.1 Å². The number of benzene rings is 1. The summed E-state index contributed by atoms with van der Waals surface area (Å²) in [5.41, 5.74) is 5.74. The smallest absolute Gasteiger partial charge is 0.264 e. The molecule has 0 fully saturated rings. The summed E-state index contributed by atoms with van der Waals surface area (Å²) in [6, 6.07) is 4.45. The quantitative estimate of drug-likeness (QED) is 0.837. The molecule has 0 aliphatic heterocycles. The summed E-state index contributed by atoms with van der Waals surface area (Å²) in [5.74, 6) is -0.680. The average molecular weight is 278 g/mol. The number of hydrogen-bond acceptors (Lipinski definition) is 4. The van der Waals surface area contributed by atoms with E-state index in [9.17, 15) is 13.2 Å². The molecule has 0 heterocycles. The van der Waals surface area contributed by atoms with E-state index in [4.69, 9.17) is 21.2 Å². The van der Waals surface area contributed by atoms with Crippen LogP contribution in [0, 0.1) is 6.92 Å². The second kappa shape index (κ2) is 4.93. The lowest BCUT2D eigenvalue weighted by atomic mass is 10.2. The Balaban J connectivity index is 3.21. The molecular weight excluding hydrogens is 266 g/mol. The maximum Gasteiger partial charge on any atom is 0.264 e. The van der Waals surface area contributed by atoms with Crippen LogP contribution in [0.5, 0.6) is 5.75 Å². The number of ether oxygens (including phenoxy) is 1. The standard InChI is InChI=1S/C10H12ClNO4S/c1-6-3-4-8(16-7(2)10(12)13)9(5-6)17(11,14)15/h3-5,7H,1-2H3,(H2,12,13). The van der Waals surface area contributed by atoms with Crippen LogP contribution in [0.15, 0.2) is 23.1 Å². The molecule has 1 aromatic rings. The number of aryl methyl sites for hydroxylation is 1. The van der Waals surface area contributed by atoms with Gasteiger partial charge in [-0.25, -0.2) is 8.42 Å². The van der Waals surface area contributed by atoms with E-state index in [1.54, 1.807) is 13.0 Å². The fourth-order valence-corrected chi connectivity index (χ4v) is 2.20. The monoisotopic (exact) mass is 277 g/mol. The average Bonchev–Trinajstić information content (AvgIpc) is 2.18. The Bertz CT molecular complexity index is 541. The maximum absolute atomic E-state index is 11.3. The van der Waals surface area contributed by atoms with Crippen LogP contribution < -0.4 is 10.5 Å². The van der Waals surface area contributed by atoms with Gasteiger partial charge in [0.15, 0.2) is 6.10 Å². The number of rotatable bonds is 4. The highest BCUT2D eigenvalue weighted by Crippen LogP contribution is 2.28. The molecule has 0 bridgehead atoms. The van der Waals surface area contributed by atoms with Crippen LogP contribution in [-0.4, -0.2) is 20.4 Å². The van der Waals surface area contributed by atoms with Gasteiger partial charge >= 0.3 is 0 Å². The van der Waals surface area contributed by atoms with Crippen LogP contribution >= 0.6 is 10.7 Å². The molecule has 1 amide bonds. The Morgan fingerprint density at radius 3 is 2.53 bits per heavy atom. The molecular formula is C10H12ClNO4S. The first kappa shape index (κ1) is 13.8. The van der Waals surface area contributed by atoms with Crippen molar-refractivity contribution in [2.75, 3.05) is 0 Å². The molecule has 0 saturated carbocycles. The van der Waals surface area contributed by atoms with Gasteiger partial charge in [-0.05, 0) is 31.5 Å². The second-order valence-electron chi connectivity index (χ2n) is 3.55. The van der Waals surface area contributed by atoms with Gasteiger partial charge in [-0.2, -0.15) is 0 Å². The molecule has 94 valence electrons. The highest BCUT2D eigenvalue weighted by atomic mass is 35.7. The van der Waals surface area contributed by atoms with E-state index in [0.29, 0.717) is 5.56 Å². The second-order valence-corrected chi connectivity index (χ2v) is 6.08. The van der Waals surface area contributed by atoms with E-state index in [2.05, 4.69) is 0 Å². The summed E-state index contributed by atoms with van der Waals surface area (Å²) in [7, 11) is 1.34. The van der Waals surface area contributed by atoms with Gasteiger partial charge in [-0.1, -0.05) is 6.07 Å². The zero-order valence-electron chi connectivity index (χ0n) is 9.31. The number of carbonyl (C=O) groups is 1. The molecule has 0 spiro atoms. The summed E-state index contributed by atoms with van der Waals surface area (Å²) in [5, 5.41) is 0. The topological polar surface area (TPSA) is 86.5 Å². The lowest BCUT2D eigenvalue weighted by Crippen LogP contribution is -2.31. The van der Waals surface area contributed by atoms with Crippen LogP contribution in [0.4, 0.5) is 0 Å². The van der Waals surface area contributed by atoms with E-state index < -0.39 is 21.1 Å². The SMILES string of the molecule is Cc1ccc(OC(C)C(N)=O)c(S(=O)(=O)Cl)c1. The fourth-order valence-electron chi connectivity index (χ4n) is 1.15. The zero-order valence-corrected chi connectivity index (χ0v) is 10.9. The third-order valence-corrected chi connectivity index (χ3v) is 3.41. The maximum atomic E-state index is 11.3. The van der Waals surface area contributed by atoms with Crippen molar-refractivity contribution in [3.63, 3.8) is 0 Å². The summed E-state index contributed by atoms with van der Waals surface area (Å²) < 4.78 is 27.8. The molecule has 0 saturated heterocycles. The van der Waals surface area contributed by atoms with Crippen molar-refractivity contribution in [1.29, 1.82) is 0 Å². The minimum Gasteiger partial charge on any atom is -0.479 e. The molecule has 0 aliphatic rings. The first-order valence-corrected chi connectivity index (χ1v) is 7.04. The minimum atomic E-state index is -3.93. The largest absolute Gasteiger partial charge is 0.479 e. The fraction of sp³-hybridized carbons (Fsp3) is 0.300. The molecule has 1 aromatic carbocycles. The van der Waals surface area contributed by atoms with Gasteiger partial charge in [-0.3, -0.25) is 4.79 Å². The van der Waals surface area contributed by atoms with Gasteiger partial charge in [0.25, 0.3) is 15.0 Å². The molecule has 0 aromatic heterocycles. The predicted molar refractivity (Wildman–Crippen MR) is 63.5 cm³/mol. The molecule has 17 heavy (non-hydrogen) atoms. The van der Waals surface area contributed by atoms with Gasteiger partial charge in [0, 0.05) is 10.7 Å². The van der Waals surface area contributed by atoms with Gasteiger partial charge in [-0.15, -0.1) is 0 Å². The van der Waals surface area contributed by atoms with Crippen LogP contribution in [0.1, 0.15) is 12.5 Å². The van der Waals surface area contributed by atoms with E-state index >= 15 is 0 Å². The third-order valence-electron chi connectivity index (χ3n) is 2.07. The van der Waals surface area contributed by atoms with Gasteiger partial charge in [0.05, 0.1) is 0 Å². The molecule has 1 unspecified atom stereocenters. The number of primary amides is 1. The van der Waals surface area contributed by atoms with Crippen molar-refractivity contribution in [3.8, 4) is 5.75 Å². The highest BCUT2D eigenvalue weighted by Gasteiger charge is 2.20. The summed E-state index contributed by atoms with van der Waals surface area (Å²) in [6.45, 7) is 3.14. The van der Waals surface area contributed by atoms with Crippen LogP contribution in [0.3, 0.4) is 0 Å². The number of halogens is 1. The van der Waals surface area contributed by atoms with Crippen molar-refractivity contribution >= 4 is 25.6 Å². The van der Waals surface area contributed by atoms with Gasteiger partial charge in [0.2, 0.25) is 0 Å². The number of hydrogen-bond donors (Lipinski definition) is 1. The van der Waals surface area contributed by atoms with Gasteiger partial charge < -0.3 is 10.5 Å². The first-order valence-electron chi connectivity index (χ1n) is 4.73.